The molecule has 0 aliphatic rings. The fraction of sp³-hybridized carbons (Fsp3) is 0.250. The maximum atomic E-state index is 11.9. The molecule has 0 unspecified atom stereocenters. The Morgan fingerprint density at radius 3 is 2.68 bits per heavy atom. The molecule has 0 saturated carbocycles. The lowest BCUT2D eigenvalue weighted by Gasteiger charge is -2.08. The molecule has 2 N–H and O–H groups in total. The number of amides is 1. The average Bonchev–Trinajstić information content (AvgIpc) is 2.96. The van der Waals surface area contributed by atoms with Crippen molar-refractivity contribution in [1.29, 1.82) is 0 Å². The molecule has 6 nitrogen and oxygen atoms in total. The normalized spacial score (nSPS) is 10.3. The number of rotatable bonds is 6. The molecule has 116 valence electrons. The lowest BCUT2D eigenvalue weighted by Crippen LogP contribution is -2.24. The third-order valence-electron chi connectivity index (χ3n) is 3.17. The first-order chi connectivity index (χ1) is 10.5. The van der Waals surface area contributed by atoms with Gasteiger partial charge in [0.1, 0.15) is 11.5 Å². The molecule has 1 heterocycles. The molecule has 1 aromatic heterocycles. The molecule has 0 atom stereocenters. The summed E-state index contributed by atoms with van der Waals surface area (Å²) in [5.41, 5.74) is 1.84. The summed E-state index contributed by atoms with van der Waals surface area (Å²) in [6.07, 6.45) is 0.211. The van der Waals surface area contributed by atoms with Crippen molar-refractivity contribution in [3.63, 3.8) is 0 Å². The molecule has 0 fully saturated rings. The number of aryl methyl sites for hydroxylation is 1. The van der Waals surface area contributed by atoms with Gasteiger partial charge in [-0.3, -0.25) is 4.79 Å². The smallest absolute Gasteiger partial charge is 0.371 e. The second-order valence-corrected chi connectivity index (χ2v) is 4.83. The first-order valence-electron chi connectivity index (χ1n) is 6.72. The van der Waals surface area contributed by atoms with Crippen LogP contribution in [0, 0.1) is 6.92 Å². The number of furan rings is 1. The van der Waals surface area contributed by atoms with E-state index in [1.807, 2.05) is 25.1 Å². The monoisotopic (exact) mass is 303 g/mol. The van der Waals surface area contributed by atoms with Crippen molar-refractivity contribution in [2.45, 2.75) is 19.9 Å². The van der Waals surface area contributed by atoms with Crippen molar-refractivity contribution >= 4 is 11.9 Å². The molecule has 6 heteroatoms. The summed E-state index contributed by atoms with van der Waals surface area (Å²) < 4.78 is 10.3. The largest absolute Gasteiger partial charge is 0.496 e. The highest BCUT2D eigenvalue weighted by molar-refractivity contribution is 5.84. The number of carboxylic acid groups (broad SMARTS) is 1. The minimum absolute atomic E-state index is 0.146. The Bertz CT molecular complexity index is 690. The Kier molecular flexibility index (Phi) is 4.83. The van der Waals surface area contributed by atoms with Crippen LogP contribution in [0.3, 0.4) is 0 Å². The maximum Gasteiger partial charge on any atom is 0.371 e. The number of nitrogens with one attached hydrogen (secondary N) is 1. The average molecular weight is 303 g/mol. The van der Waals surface area contributed by atoms with Crippen molar-refractivity contribution in [3.8, 4) is 5.75 Å². The van der Waals surface area contributed by atoms with E-state index in [0.29, 0.717) is 5.76 Å². The van der Waals surface area contributed by atoms with Gasteiger partial charge < -0.3 is 19.6 Å². The molecule has 0 radical (unpaired) electrons. The van der Waals surface area contributed by atoms with Crippen LogP contribution < -0.4 is 10.1 Å². The zero-order chi connectivity index (χ0) is 16.1. The number of ether oxygens (including phenoxy) is 1. The molecule has 0 aliphatic heterocycles. The first-order valence-corrected chi connectivity index (χ1v) is 6.72. The summed E-state index contributed by atoms with van der Waals surface area (Å²) in [5.74, 6) is -0.328. The molecule has 0 bridgehead atoms. The lowest BCUT2D eigenvalue weighted by atomic mass is 10.1. The van der Waals surface area contributed by atoms with Crippen molar-refractivity contribution in [1.82, 2.24) is 5.32 Å². The number of benzene rings is 1. The number of aromatic carboxylic acids is 1. The number of hydrogen-bond donors (Lipinski definition) is 2. The van der Waals surface area contributed by atoms with Gasteiger partial charge in [-0.1, -0.05) is 12.1 Å². The minimum Gasteiger partial charge on any atom is -0.496 e. The molecule has 0 saturated heterocycles. The van der Waals surface area contributed by atoms with Gasteiger partial charge >= 0.3 is 5.97 Å². The van der Waals surface area contributed by atoms with Crippen molar-refractivity contribution in [2.24, 2.45) is 0 Å². The van der Waals surface area contributed by atoms with Crippen LogP contribution in [0.15, 0.2) is 34.7 Å². The zero-order valence-electron chi connectivity index (χ0n) is 12.4. The third-order valence-corrected chi connectivity index (χ3v) is 3.17. The van der Waals surface area contributed by atoms with E-state index < -0.39 is 5.97 Å². The SMILES string of the molecule is COc1cc(CC(=O)NCc2ccc(C(=O)O)o2)ccc1C. The standard InChI is InChI=1S/C16H17NO5/c1-10-3-4-11(7-14(10)21-2)8-15(18)17-9-12-5-6-13(22-12)16(19)20/h3-7H,8-9H2,1-2H3,(H,17,18)(H,19,20). The van der Waals surface area contributed by atoms with E-state index in [9.17, 15) is 9.59 Å². The molecular weight excluding hydrogens is 286 g/mol. The van der Waals surface area contributed by atoms with Gasteiger partial charge in [0.15, 0.2) is 0 Å². The molecule has 22 heavy (non-hydrogen) atoms. The topological polar surface area (TPSA) is 88.8 Å². The summed E-state index contributed by atoms with van der Waals surface area (Å²) in [7, 11) is 1.59. The highest BCUT2D eigenvalue weighted by Crippen LogP contribution is 2.19. The van der Waals surface area contributed by atoms with Crippen molar-refractivity contribution in [3.05, 3.63) is 53.0 Å². The van der Waals surface area contributed by atoms with Gasteiger partial charge in [0.2, 0.25) is 11.7 Å². The Morgan fingerprint density at radius 2 is 2.05 bits per heavy atom. The number of methoxy groups -OCH3 is 1. The predicted molar refractivity (Wildman–Crippen MR) is 78.9 cm³/mol. The van der Waals surface area contributed by atoms with Gasteiger partial charge in [0, 0.05) is 0 Å². The van der Waals surface area contributed by atoms with E-state index in [1.54, 1.807) is 7.11 Å². The van der Waals surface area contributed by atoms with Crippen LogP contribution in [0.4, 0.5) is 0 Å². The third kappa shape index (κ3) is 3.88. The zero-order valence-corrected chi connectivity index (χ0v) is 12.4. The lowest BCUT2D eigenvalue weighted by molar-refractivity contribution is -0.120. The molecule has 0 aliphatic carbocycles. The molecular formula is C16H17NO5. The fourth-order valence-corrected chi connectivity index (χ4v) is 2.00. The Hall–Kier alpha value is -2.76. The van der Waals surface area contributed by atoms with Gasteiger partial charge in [-0.25, -0.2) is 4.79 Å². The van der Waals surface area contributed by atoms with E-state index in [4.69, 9.17) is 14.3 Å². The van der Waals surface area contributed by atoms with Crippen LogP contribution in [-0.2, 0) is 17.8 Å². The van der Waals surface area contributed by atoms with Gasteiger partial charge in [-0.2, -0.15) is 0 Å². The van der Waals surface area contributed by atoms with Gasteiger partial charge in [-0.15, -0.1) is 0 Å². The van der Waals surface area contributed by atoms with Crippen LogP contribution in [0.2, 0.25) is 0 Å². The predicted octanol–water partition coefficient (Wildman–Crippen LogP) is 2.15. The van der Waals surface area contributed by atoms with Crippen molar-refractivity contribution in [2.75, 3.05) is 7.11 Å². The highest BCUT2D eigenvalue weighted by atomic mass is 16.5. The molecule has 1 aromatic carbocycles. The van der Waals surface area contributed by atoms with Crippen LogP contribution in [0.5, 0.6) is 5.75 Å². The van der Waals surface area contributed by atoms with Gasteiger partial charge in [-0.05, 0) is 36.2 Å². The van der Waals surface area contributed by atoms with Crippen molar-refractivity contribution < 1.29 is 23.8 Å². The molecule has 1 amide bonds. The summed E-state index contributed by atoms with van der Waals surface area (Å²) in [4.78, 5) is 22.6. The number of hydrogen-bond acceptors (Lipinski definition) is 4. The number of carboxylic acids is 1. The van der Waals surface area contributed by atoms with E-state index in [-0.39, 0.29) is 24.6 Å². The van der Waals surface area contributed by atoms with Crippen LogP contribution in [-0.4, -0.2) is 24.1 Å². The molecule has 2 rings (SSSR count). The summed E-state index contributed by atoms with van der Waals surface area (Å²) in [6, 6.07) is 8.47. The van der Waals surface area contributed by atoms with Gasteiger partial charge in [0.25, 0.3) is 0 Å². The Morgan fingerprint density at radius 1 is 1.27 bits per heavy atom. The van der Waals surface area contributed by atoms with Crippen LogP contribution in [0.1, 0.15) is 27.4 Å². The second-order valence-electron chi connectivity index (χ2n) is 4.83. The van der Waals surface area contributed by atoms with E-state index in [0.717, 1.165) is 16.9 Å². The quantitative estimate of drug-likeness (QED) is 0.853. The van der Waals surface area contributed by atoms with Crippen LogP contribution >= 0.6 is 0 Å². The summed E-state index contributed by atoms with van der Waals surface area (Å²) in [6.45, 7) is 2.08. The maximum absolute atomic E-state index is 11.9. The van der Waals surface area contributed by atoms with E-state index in [2.05, 4.69) is 5.32 Å². The van der Waals surface area contributed by atoms with E-state index in [1.165, 1.54) is 12.1 Å². The minimum atomic E-state index is -1.13. The molecule has 2 aromatic rings. The Labute approximate surface area is 127 Å². The second kappa shape index (κ2) is 6.80. The first kappa shape index (κ1) is 15.6. The number of carbonyl (C=O) groups excluding carboxylic acids is 1. The van der Waals surface area contributed by atoms with Crippen LogP contribution in [0.25, 0.3) is 0 Å². The fourth-order valence-electron chi connectivity index (χ4n) is 2.00. The highest BCUT2D eigenvalue weighted by Gasteiger charge is 2.10. The summed E-state index contributed by atoms with van der Waals surface area (Å²) in [5, 5.41) is 11.4. The summed E-state index contributed by atoms with van der Waals surface area (Å²) >= 11 is 0. The van der Waals surface area contributed by atoms with E-state index >= 15 is 0 Å². The molecule has 0 spiro atoms. The Balaban J connectivity index is 1.91. The van der Waals surface area contributed by atoms with Gasteiger partial charge in [0.05, 0.1) is 20.1 Å². The number of carbonyl (C=O) groups is 2.